The first-order valence-electron chi connectivity index (χ1n) is 6.45. The molecule has 0 saturated heterocycles. The van der Waals surface area contributed by atoms with E-state index in [1.165, 1.54) is 5.56 Å². The average molecular weight is 248 g/mol. The van der Waals surface area contributed by atoms with Gasteiger partial charge in [-0.05, 0) is 37.2 Å². The molecule has 1 aromatic carbocycles. The van der Waals surface area contributed by atoms with Crippen molar-refractivity contribution in [3.05, 3.63) is 23.8 Å². The van der Waals surface area contributed by atoms with Crippen molar-refractivity contribution in [3.8, 4) is 5.75 Å². The van der Waals surface area contributed by atoms with E-state index in [-0.39, 0.29) is 5.91 Å². The van der Waals surface area contributed by atoms with E-state index >= 15 is 0 Å². The lowest BCUT2D eigenvalue weighted by Crippen LogP contribution is -2.25. The molecule has 0 atom stereocenters. The lowest BCUT2D eigenvalue weighted by molar-refractivity contribution is -0.118. The molecule has 0 spiro atoms. The third-order valence-corrected chi connectivity index (χ3v) is 3.17. The maximum atomic E-state index is 11.8. The molecule has 0 aromatic heterocycles. The third kappa shape index (κ3) is 2.82. The highest BCUT2D eigenvalue weighted by molar-refractivity contribution is 5.95. The number of benzene rings is 1. The first kappa shape index (κ1) is 12.9. The van der Waals surface area contributed by atoms with Crippen molar-refractivity contribution in [3.63, 3.8) is 0 Å². The van der Waals surface area contributed by atoms with E-state index < -0.39 is 0 Å². The number of hydrogen-bond donors (Lipinski definition) is 1. The van der Waals surface area contributed by atoms with Gasteiger partial charge in [0.15, 0.2) is 0 Å². The van der Waals surface area contributed by atoms with Crippen LogP contribution in [-0.2, 0) is 11.2 Å². The summed E-state index contributed by atoms with van der Waals surface area (Å²) in [5.74, 6) is 0.910. The number of rotatable bonds is 4. The highest BCUT2D eigenvalue weighted by Gasteiger charge is 2.19. The van der Waals surface area contributed by atoms with Crippen molar-refractivity contribution >= 4 is 11.6 Å². The first-order chi connectivity index (χ1) is 8.72. The van der Waals surface area contributed by atoms with Crippen LogP contribution < -0.4 is 15.0 Å². The lowest BCUT2D eigenvalue weighted by Gasteiger charge is -2.17. The fourth-order valence-electron chi connectivity index (χ4n) is 2.06. The summed E-state index contributed by atoms with van der Waals surface area (Å²) in [5, 5.41) is 3.30. The van der Waals surface area contributed by atoms with Crippen molar-refractivity contribution < 1.29 is 9.53 Å². The van der Waals surface area contributed by atoms with Crippen LogP contribution in [0.1, 0.15) is 18.9 Å². The minimum absolute atomic E-state index is 0.109. The van der Waals surface area contributed by atoms with Gasteiger partial charge in [-0.1, -0.05) is 13.0 Å². The molecular formula is C14H20N2O2. The highest BCUT2D eigenvalue weighted by atomic mass is 16.5. The number of amides is 1. The molecule has 4 nitrogen and oxygen atoms in total. The van der Waals surface area contributed by atoms with Crippen LogP contribution in [0, 0.1) is 0 Å². The molecule has 1 aliphatic heterocycles. The molecule has 1 aliphatic rings. The van der Waals surface area contributed by atoms with E-state index in [1.807, 2.05) is 13.1 Å². The number of anilines is 1. The standard InChI is InChI=1S/C14H20N2O2/c1-3-15-8-6-11-4-5-13-12(10-11)16(2)14(17)7-9-18-13/h4-5,10,15H,3,6-9H2,1-2H3. The van der Waals surface area contributed by atoms with E-state index in [0.29, 0.717) is 13.0 Å². The predicted molar refractivity (Wildman–Crippen MR) is 72.2 cm³/mol. The van der Waals surface area contributed by atoms with Crippen molar-refractivity contribution in [2.24, 2.45) is 0 Å². The summed E-state index contributed by atoms with van der Waals surface area (Å²) in [7, 11) is 1.81. The number of hydrogen-bond acceptors (Lipinski definition) is 3. The van der Waals surface area contributed by atoms with Crippen molar-refractivity contribution in [1.29, 1.82) is 0 Å². The van der Waals surface area contributed by atoms with Crippen molar-refractivity contribution in [2.45, 2.75) is 19.8 Å². The minimum Gasteiger partial charge on any atom is -0.491 e. The van der Waals surface area contributed by atoms with Gasteiger partial charge in [-0.2, -0.15) is 0 Å². The number of ether oxygens (including phenoxy) is 1. The molecule has 0 bridgehead atoms. The molecule has 4 heteroatoms. The number of carbonyl (C=O) groups excluding carboxylic acids is 1. The normalized spacial score (nSPS) is 15.0. The Morgan fingerprint density at radius 3 is 3.06 bits per heavy atom. The SMILES string of the molecule is CCNCCc1ccc2c(c1)N(C)C(=O)CCO2. The van der Waals surface area contributed by atoms with Gasteiger partial charge in [0.2, 0.25) is 5.91 Å². The smallest absolute Gasteiger partial charge is 0.230 e. The van der Waals surface area contributed by atoms with Crippen LogP contribution in [0.2, 0.25) is 0 Å². The van der Waals surface area contributed by atoms with E-state index in [2.05, 4.69) is 24.4 Å². The Morgan fingerprint density at radius 2 is 2.28 bits per heavy atom. The van der Waals surface area contributed by atoms with Crippen LogP contribution in [0.15, 0.2) is 18.2 Å². The van der Waals surface area contributed by atoms with Gasteiger partial charge in [0.25, 0.3) is 0 Å². The summed E-state index contributed by atoms with van der Waals surface area (Å²) >= 11 is 0. The Kier molecular flexibility index (Phi) is 4.20. The molecule has 1 aromatic rings. The number of carbonyl (C=O) groups is 1. The Hall–Kier alpha value is -1.55. The summed E-state index contributed by atoms with van der Waals surface area (Å²) in [4.78, 5) is 13.5. The maximum Gasteiger partial charge on any atom is 0.230 e. The van der Waals surface area contributed by atoms with Gasteiger partial charge >= 0.3 is 0 Å². The fraction of sp³-hybridized carbons (Fsp3) is 0.500. The summed E-state index contributed by atoms with van der Waals surface area (Å²) < 4.78 is 5.59. The minimum atomic E-state index is 0.109. The summed E-state index contributed by atoms with van der Waals surface area (Å²) in [6, 6.07) is 6.08. The zero-order valence-corrected chi connectivity index (χ0v) is 11.0. The molecule has 1 heterocycles. The average Bonchev–Trinajstić information content (AvgIpc) is 2.51. The summed E-state index contributed by atoms with van der Waals surface area (Å²) in [5.41, 5.74) is 2.10. The number of nitrogens with zero attached hydrogens (tertiary/aromatic N) is 1. The van der Waals surface area contributed by atoms with E-state index in [4.69, 9.17) is 4.74 Å². The molecule has 18 heavy (non-hydrogen) atoms. The van der Waals surface area contributed by atoms with Crippen LogP contribution in [0.4, 0.5) is 5.69 Å². The van der Waals surface area contributed by atoms with Crippen LogP contribution in [0.5, 0.6) is 5.75 Å². The van der Waals surface area contributed by atoms with Gasteiger partial charge in [-0.25, -0.2) is 0 Å². The van der Waals surface area contributed by atoms with E-state index in [9.17, 15) is 4.79 Å². The number of likely N-dealkylation sites (N-methyl/N-ethyl adjacent to an activating group) is 1. The molecule has 0 radical (unpaired) electrons. The summed E-state index contributed by atoms with van der Waals surface area (Å²) in [6.07, 6.45) is 1.40. The highest BCUT2D eigenvalue weighted by Crippen LogP contribution is 2.31. The summed E-state index contributed by atoms with van der Waals surface area (Å²) in [6.45, 7) is 4.49. The topological polar surface area (TPSA) is 41.6 Å². The predicted octanol–water partition coefficient (Wildman–Crippen LogP) is 1.58. The molecular weight excluding hydrogens is 228 g/mol. The molecule has 2 rings (SSSR count). The third-order valence-electron chi connectivity index (χ3n) is 3.17. The van der Waals surface area contributed by atoms with Crippen LogP contribution >= 0.6 is 0 Å². The molecule has 1 N–H and O–H groups in total. The first-order valence-corrected chi connectivity index (χ1v) is 6.45. The zero-order valence-electron chi connectivity index (χ0n) is 11.0. The largest absolute Gasteiger partial charge is 0.491 e. The molecule has 0 aliphatic carbocycles. The monoisotopic (exact) mass is 248 g/mol. The van der Waals surface area contributed by atoms with Gasteiger partial charge < -0.3 is 15.0 Å². The molecule has 0 saturated carbocycles. The van der Waals surface area contributed by atoms with Crippen LogP contribution in [0.3, 0.4) is 0 Å². The van der Waals surface area contributed by atoms with E-state index in [0.717, 1.165) is 30.9 Å². The van der Waals surface area contributed by atoms with Gasteiger partial charge in [0.1, 0.15) is 5.75 Å². The molecule has 0 fully saturated rings. The quantitative estimate of drug-likeness (QED) is 0.823. The van der Waals surface area contributed by atoms with E-state index in [1.54, 1.807) is 4.90 Å². The Morgan fingerprint density at radius 1 is 1.44 bits per heavy atom. The molecule has 0 unspecified atom stereocenters. The van der Waals surface area contributed by atoms with Gasteiger partial charge in [0, 0.05) is 7.05 Å². The molecule has 98 valence electrons. The number of fused-ring (bicyclic) bond motifs is 1. The Bertz CT molecular complexity index is 432. The fourth-order valence-corrected chi connectivity index (χ4v) is 2.06. The second-order valence-corrected chi connectivity index (χ2v) is 4.46. The maximum absolute atomic E-state index is 11.8. The molecule has 1 amide bonds. The second-order valence-electron chi connectivity index (χ2n) is 4.46. The Balaban J connectivity index is 2.18. The van der Waals surface area contributed by atoms with Crippen molar-refractivity contribution in [1.82, 2.24) is 5.32 Å². The Labute approximate surface area is 108 Å². The van der Waals surface area contributed by atoms with Gasteiger partial charge in [0.05, 0.1) is 18.7 Å². The number of nitrogens with one attached hydrogen (secondary N) is 1. The van der Waals surface area contributed by atoms with Crippen LogP contribution in [-0.4, -0.2) is 32.7 Å². The van der Waals surface area contributed by atoms with Crippen LogP contribution in [0.25, 0.3) is 0 Å². The lowest BCUT2D eigenvalue weighted by atomic mass is 10.1. The second kappa shape index (κ2) is 5.87. The van der Waals surface area contributed by atoms with Gasteiger partial charge in [-0.15, -0.1) is 0 Å². The van der Waals surface area contributed by atoms with Crippen molar-refractivity contribution in [2.75, 3.05) is 31.6 Å². The zero-order chi connectivity index (χ0) is 13.0. The van der Waals surface area contributed by atoms with Gasteiger partial charge in [-0.3, -0.25) is 4.79 Å².